The maximum atomic E-state index is 12.1. The maximum Gasteiger partial charge on any atom is 0.305 e. The van der Waals surface area contributed by atoms with Crippen molar-refractivity contribution in [2.24, 2.45) is 0 Å². The van der Waals surface area contributed by atoms with E-state index in [9.17, 15) is 9.59 Å². The average molecular weight is 283 g/mol. The Hall–Kier alpha value is -1.10. The molecule has 5 nitrogen and oxygen atoms in total. The number of ether oxygens (including phenoxy) is 1. The second-order valence-corrected chi connectivity index (χ2v) is 6.29. The molecule has 1 aliphatic carbocycles. The van der Waals surface area contributed by atoms with Gasteiger partial charge in [-0.15, -0.1) is 0 Å². The van der Waals surface area contributed by atoms with Crippen LogP contribution in [0.1, 0.15) is 64.7 Å². The van der Waals surface area contributed by atoms with E-state index in [-0.39, 0.29) is 18.4 Å². The molecule has 2 atom stereocenters. The summed E-state index contributed by atoms with van der Waals surface area (Å²) in [4.78, 5) is 23.0. The first kappa shape index (κ1) is 15.3. The largest absolute Gasteiger partial charge is 0.481 e. The van der Waals surface area contributed by atoms with Gasteiger partial charge in [-0.25, -0.2) is 0 Å². The first-order valence-electron chi connectivity index (χ1n) is 7.67. The van der Waals surface area contributed by atoms with Gasteiger partial charge in [0.1, 0.15) is 0 Å². The van der Waals surface area contributed by atoms with Crippen molar-refractivity contribution in [1.29, 1.82) is 0 Å². The van der Waals surface area contributed by atoms with Crippen molar-refractivity contribution >= 4 is 11.9 Å². The quantitative estimate of drug-likeness (QED) is 0.784. The van der Waals surface area contributed by atoms with Crippen molar-refractivity contribution < 1.29 is 19.4 Å². The third-order valence-corrected chi connectivity index (χ3v) is 4.47. The molecule has 20 heavy (non-hydrogen) atoms. The molecule has 5 heteroatoms. The number of hydrogen-bond acceptors (Lipinski definition) is 3. The van der Waals surface area contributed by atoms with E-state index in [1.807, 2.05) is 0 Å². The molecule has 0 spiro atoms. The van der Waals surface area contributed by atoms with Crippen LogP contribution in [0.2, 0.25) is 0 Å². The highest BCUT2D eigenvalue weighted by molar-refractivity contribution is 5.78. The number of carbonyl (C=O) groups is 2. The van der Waals surface area contributed by atoms with Crippen molar-refractivity contribution in [1.82, 2.24) is 5.32 Å². The minimum atomic E-state index is -0.833. The second-order valence-electron chi connectivity index (χ2n) is 6.29. The Bertz CT molecular complexity index is 363. The molecule has 1 aliphatic heterocycles. The molecule has 0 aromatic heterocycles. The van der Waals surface area contributed by atoms with Crippen LogP contribution in [0.25, 0.3) is 0 Å². The minimum Gasteiger partial charge on any atom is -0.481 e. The van der Waals surface area contributed by atoms with Gasteiger partial charge in [-0.05, 0) is 39.0 Å². The van der Waals surface area contributed by atoms with Crippen molar-refractivity contribution in [2.45, 2.75) is 82.5 Å². The molecule has 0 radical (unpaired) electrons. The number of amides is 1. The summed E-state index contributed by atoms with van der Waals surface area (Å²) in [6.45, 7) is 2.06. The second kappa shape index (κ2) is 6.57. The van der Waals surface area contributed by atoms with Gasteiger partial charge in [-0.3, -0.25) is 9.59 Å². The molecular formula is C15H25NO4. The molecule has 2 N–H and O–H groups in total. The van der Waals surface area contributed by atoms with E-state index in [1.165, 1.54) is 0 Å². The Morgan fingerprint density at radius 1 is 1.30 bits per heavy atom. The van der Waals surface area contributed by atoms with Crippen LogP contribution in [-0.4, -0.2) is 34.7 Å². The highest BCUT2D eigenvalue weighted by Crippen LogP contribution is 2.33. The lowest BCUT2D eigenvalue weighted by Gasteiger charge is -2.29. The van der Waals surface area contributed by atoms with E-state index in [4.69, 9.17) is 9.84 Å². The zero-order valence-corrected chi connectivity index (χ0v) is 12.2. The van der Waals surface area contributed by atoms with E-state index in [1.54, 1.807) is 0 Å². The number of hydrogen-bond donors (Lipinski definition) is 2. The minimum absolute atomic E-state index is 0.0312. The normalized spacial score (nSPS) is 28.4. The number of nitrogens with one attached hydrogen (secondary N) is 1. The average Bonchev–Trinajstić information content (AvgIpc) is 2.95. The van der Waals surface area contributed by atoms with Crippen LogP contribution in [0.3, 0.4) is 0 Å². The molecule has 1 amide bonds. The summed E-state index contributed by atoms with van der Waals surface area (Å²) < 4.78 is 5.70. The molecule has 0 aromatic carbocycles. The van der Waals surface area contributed by atoms with E-state index in [2.05, 4.69) is 12.2 Å². The topological polar surface area (TPSA) is 75.6 Å². The van der Waals surface area contributed by atoms with Crippen LogP contribution in [-0.2, 0) is 14.3 Å². The van der Waals surface area contributed by atoms with Gasteiger partial charge in [0.15, 0.2) is 0 Å². The van der Waals surface area contributed by atoms with Gasteiger partial charge in [0, 0.05) is 6.42 Å². The first-order valence-corrected chi connectivity index (χ1v) is 7.67. The molecule has 0 bridgehead atoms. The molecule has 2 rings (SSSR count). The molecule has 1 saturated heterocycles. The summed E-state index contributed by atoms with van der Waals surface area (Å²) in [6.07, 6.45) is 7.33. The van der Waals surface area contributed by atoms with Gasteiger partial charge in [0.25, 0.3) is 0 Å². The summed E-state index contributed by atoms with van der Waals surface area (Å²) in [5.41, 5.74) is -0.507. The monoisotopic (exact) mass is 283 g/mol. The molecule has 2 fully saturated rings. The van der Waals surface area contributed by atoms with Crippen LogP contribution in [0.4, 0.5) is 0 Å². The molecule has 2 aliphatic rings. The fourth-order valence-electron chi connectivity index (χ4n) is 3.44. The molecule has 0 aromatic rings. The Kier molecular flexibility index (Phi) is 5.02. The van der Waals surface area contributed by atoms with Crippen LogP contribution >= 0.6 is 0 Å². The lowest BCUT2D eigenvalue weighted by Crippen LogP contribution is -2.47. The SMILES string of the molecule is CC1CCC(CCC(=O)NC2(CC(=O)O)CCCC2)O1. The third kappa shape index (κ3) is 4.20. The van der Waals surface area contributed by atoms with E-state index in [0.717, 1.165) is 44.9 Å². The number of rotatable bonds is 6. The summed E-state index contributed by atoms with van der Waals surface area (Å²) in [6, 6.07) is 0. The number of carboxylic acid groups (broad SMARTS) is 1. The predicted molar refractivity (Wildman–Crippen MR) is 74.4 cm³/mol. The zero-order valence-electron chi connectivity index (χ0n) is 12.2. The number of carbonyl (C=O) groups excluding carboxylic acids is 1. The van der Waals surface area contributed by atoms with E-state index < -0.39 is 11.5 Å². The van der Waals surface area contributed by atoms with Gasteiger partial charge >= 0.3 is 5.97 Å². The Morgan fingerprint density at radius 3 is 2.55 bits per heavy atom. The van der Waals surface area contributed by atoms with Crippen molar-refractivity contribution in [3.8, 4) is 0 Å². The predicted octanol–water partition coefficient (Wildman–Crippen LogP) is 2.24. The first-order chi connectivity index (χ1) is 9.49. The fraction of sp³-hybridized carbons (Fsp3) is 0.867. The van der Waals surface area contributed by atoms with Crippen LogP contribution < -0.4 is 5.32 Å². The molecule has 2 unspecified atom stereocenters. The molecule has 1 saturated carbocycles. The third-order valence-electron chi connectivity index (χ3n) is 4.47. The Morgan fingerprint density at radius 2 is 2.00 bits per heavy atom. The number of carboxylic acids is 1. The van der Waals surface area contributed by atoms with E-state index >= 15 is 0 Å². The maximum absolute atomic E-state index is 12.1. The van der Waals surface area contributed by atoms with Crippen LogP contribution in [0.15, 0.2) is 0 Å². The smallest absolute Gasteiger partial charge is 0.305 e. The highest BCUT2D eigenvalue weighted by Gasteiger charge is 2.37. The molecule has 1 heterocycles. The van der Waals surface area contributed by atoms with Crippen molar-refractivity contribution in [2.75, 3.05) is 0 Å². The summed E-state index contributed by atoms with van der Waals surface area (Å²) >= 11 is 0. The van der Waals surface area contributed by atoms with Gasteiger partial charge < -0.3 is 15.2 Å². The number of aliphatic carboxylic acids is 1. The molecular weight excluding hydrogens is 258 g/mol. The van der Waals surface area contributed by atoms with Gasteiger partial charge in [-0.2, -0.15) is 0 Å². The summed E-state index contributed by atoms with van der Waals surface area (Å²) in [5.74, 6) is -0.864. The standard InChI is InChI=1S/C15H25NO4/c1-11-4-5-12(20-11)6-7-13(17)16-15(10-14(18)19)8-2-3-9-15/h11-12H,2-10H2,1H3,(H,16,17)(H,18,19). The van der Waals surface area contributed by atoms with Gasteiger partial charge in [0.05, 0.1) is 24.2 Å². The Balaban J connectivity index is 1.78. The molecule has 114 valence electrons. The Labute approximate surface area is 120 Å². The van der Waals surface area contributed by atoms with Gasteiger partial charge in [-0.1, -0.05) is 12.8 Å². The van der Waals surface area contributed by atoms with Crippen LogP contribution in [0.5, 0.6) is 0 Å². The summed E-state index contributed by atoms with van der Waals surface area (Å²) in [5, 5.41) is 12.0. The lowest BCUT2D eigenvalue weighted by molar-refractivity contribution is -0.139. The van der Waals surface area contributed by atoms with Crippen LogP contribution in [0, 0.1) is 0 Å². The summed E-state index contributed by atoms with van der Waals surface area (Å²) in [7, 11) is 0. The lowest BCUT2D eigenvalue weighted by atomic mass is 9.93. The zero-order chi connectivity index (χ0) is 14.6. The fourth-order valence-corrected chi connectivity index (χ4v) is 3.44. The van der Waals surface area contributed by atoms with Crippen molar-refractivity contribution in [3.63, 3.8) is 0 Å². The highest BCUT2D eigenvalue weighted by atomic mass is 16.5. The van der Waals surface area contributed by atoms with Gasteiger partial charge in [0.2, 0.25) is 5.91 Å². The van der Waals surface area contributed by atoms with Crippen molar-refractivity contribution in [3.05, 3.63) is 0 Å². The van der Waals surface area contributed by atoms with E-state index in [0.29, 0.717) is 12.5 Å².